The van der Waals surface area contributed by atoms with Crippen LogP contribution in [0.4, 0.5) is 0 Å². The quantitative estimate of drug-likeness (QED) is 0.818. The third-order valence-electron chi connectivity index (χ3n) is 2.49. The normalized spacial score (nSPS) is 12.9. The molecule has 0 heterocycles. The zero-order valence-corrected chi connectivity index (χ0v) is 10.8. The van der Waals surface area contributed by atoms with Crippen molar-refractivity contribution in [2.45, 2.75) is 45.8 Å². The van der Waals surface area contributed by atoms with Gasteiger partial charge in [-0.25, -0.2) is 4.79 Å². The van der Waals surface area contributed by atoms with Gasteiger partial charge in [0.1, 0.15) is 0 Å². The zero-order valence-electron chi connectivity index (χ0n) is 10.8. The maximum Gasteiger partial charge on any atom is 0.339 e. The first-order valence-corrected chi connectivity index (χ1v) is 5.90. The van der Waals surface area contributed by atoms with Gasteiger partial charge in [0.05, 0.1) is 6.10 Å². The van der Waals surface area contributed by atoms with E-state index in [0.717, 1.165) is 0 Å². The van der Waals surface area contributed by atoms with Gasteiger partial charge in [-0.05, 0) is 30.9 Å². The number of hydrogen-bond donors (Lipinski definition) is 1. The van der Waals surface area contributed by atoms with Gasteiger partial charge in [0.25, 0.3) is 0 Å². The second kappa shape index (κ2) is 5.82. The fraction of sp³-hybridized carbons (Fsp3) is 0.500. The Balaban J connectivity index is 2.75. The maximum absolute atomic E-state index is 11.5. The average Bonchev–Trinajstić information content (AvgIpc) is 2.27. The Labute approximate surface area is 102 Å². The Morgan fingerprint density at radius 2 is 1.53 bits per heavy atom. The van der Waals surface area contributed by atoms with Gasteiger partial charge in [-0.15, -0.1) is 0 Å². The Bertz CT molecular complexity index is 366. The standard InChI is InChI=1S/C14H20O3/c1-9(2)11-5-7-12(8-6-11)13(15)14(16)17-10(3)4/h5-10,13,15H,1-4H3/t13-/m1/s1. The summed E-state index contributed by atoms with van der Waals surface area (Å²) in [5, 5.41) is 9.79. The van der Waals surface area contributed by atoms with E-state index in [1.807, 2.05) is 12.1 Å². The Kier molecular flexibility index (Phi) is 4.70. The Hall–Kier alpha value is -1.35. The van der Waals surface area contributed by atoms with Gasteiger partial charge in [0.2, 0.25) is 0 Å². The molecule has 17 heavy (non-hydrogen) atoms. The van der Waals surface area contributed by atoms with E-state index in [1.54, 1.807) is 26.0 Å². The summed E-state index contributed by atoms with van der Waals surface area (Å²) >= 11 is 0. The summed E-state index contributed by atoms with van der Waals surface area (Å²) in [4.78, 5) is 11.5. The molecule has 0 amide bonds. The monoisotopic (exact) mass is 236 g/mol. The number of aliphatic hydroxyl groups is 1. The number of esters is 1. The summed E-state index contributed by atoms with van der Waals surface area (Å²) in [5.41, 5.74) is 1.75. The first kappa shape index (κ1) is 13.7. The smallest absolute Gasteiger partial charge is 0.339 e. The van der Waals surface area contributed by atoms with Crippen molar-refractivity contribution in [2.75, 3.05) is 0 Å². The van der Waals surface area contributed by atoms with Crippen LogP contribution in [0.3, 0.4) is 0 Å². The maximum atomic E-state index is 11.5. The first-order chi connectivity index (χ1) is 7.91. The molecule has 1 atom stereocenters. The van der Waals surface area contributed by atoms with Crippen molar-refractivity contribution in [3.63, 3.8) is 0 Å². The highest BCUT2D eigenvalue weighted by Crippen LogP contribution is 2.19. The topological polar surface area (TPSA) is 46.5 Å². The third-order valence-corrected chi connectivity index (χ3v) is 2.49. The van der Waals surface area contributed by atoms with Gasteiger partial charge in [-0.3, -0.25) is 0 Å². The molecule has 0 saturated heterocycles. The summed E-state index contributed by atoms with van der Waals surface area (Å²) in [7, 11) is 0. The molecule has 94 valence electrons. The fourth-order valence-corrected chi connectivity index (χ4v) is 1.50. The summed E-state index contributed by atoms with van der Waals surface area (Å²) in [6.07, 6.45) is -1.41. The molecule has 1 aromatic rings. The van der Waals surface area contributed by atoms with Crippen LogP contribution in [-0.2, 0) is 9.53 Å². The van der Waals surface area contributed by atoms with Gasteiger partial charge >= 0.3 is 5.97 Å². The van der Waals surface area contributed by atoms with Crippen LogP contribution in [0.25, 0.3) is 0 Å². The summed E-state index contributed by atoms with van der Waals surface area (Å²) in [5.74, 6) is -0.166. The lowest BCUT2D eigenvalue weighted by Gasteiger charge is -2.14. The second-order valence-corrected chi connectivity index (χ2v) is 4.71. The van der Waals surface area contributed by atoms with E-state index >= 15 is 0 Å². The fourth-order valence-electron chi connectivity index (χ4n) is 1.50. The predicted octanol–water partition coefficient (Wildman–Crippen LogP) is 2.80. The van der Waals surface area contributed by atoms with E-state index in [1.165, 1.54) is 5.56 Å². The van der Waals surface area contributed by atoms with Crippen LogP contribution in [0.5, 0.6) is 0 Å². The molecule has 0 spiro atoms. The van der Waals surface area contributed by atoms with Crippen molar-refractivity contribution < 1.29 is 14.6 Å². The van der Waals surface area contributed by atoms with Crippen molar-refractivity contribution in [3.05, 3.63) is 35.4 Å². The molecule has 0 radical (unpaired) electrons. The van der Waals surface area contributed by atoms with Gasteiger partial charge in [0.15, 0.2) is 6.10 Å². The molecule has 0 unspecified atom stereocenters. The molecular weight excluding hydrogens is 216 g/mol. The number of ether oxygens (including phenoxy) is 1. The number of carbonyl (C=O) groups excluding carboxylic acids is 1. The van der Waals surface area contributed by atoms with E-state index in [9.17, 15) is 9.90 Å². The number of benzene rings is 1. The third kappa shape index (κ3) is 3.86. The van der Waals surface area contributed by atoms with Crippen LogP contribution in [-0.4, -0.2) is 17.2 Å². The van der Waals surface area contributed by atoms with Gasteiger partial charge in [0, 0.05) is 0 Å². The van der Waals surface area contributed by atoms with Crippen molar-refractivity contribution in [3.8, 4) is 0 Å². The van der Waals surface area contributed by atoms with Crippen LogP contribution < -0.4 is 0 Å². The Morgan fingerprint density at radius 3 is 1.94 bits per heavy atom. The molecule has 0 fully saturated rings. The van der Waals surface area contributed by atoms with Crippen LogP contribution in [0.15, 0.2) is 24.3 Å². The minimum absolute atomic E-state index is 0.216. The SMILES string of the molecule is CC(C)OC(=O)[C@H](O)c1ccc(C(C)C)cc1. The predicted molar refractivity (Wildman–Crippen MR) is 66.7 cm³/mol. The van der Waals surface area contributed by atoms with Gasteiger partial charge in [-0.2, -0.15) is 0 Å². The van der Waals surface area contributed by atoms with Crippen LogP contribution in [0.2, 0.25) is 0 Å². The number of carbonyl (C=O) groups is 1. The average molecular weight is 236 g/mol. The molecule has 0 aliphatic carbocycles. The molecule has 0 aliphatic rings. The molecule has 0 saturated carbocycles. The number of hydrogen-bond acceptors (Lipinski definition) is 3. The van der Waals surface area contributed by atoms with Gasteiger partial charge < -0.3 is 9.84 Å². The molecular formula is C14H20O3. The minimum Gasteiger partial charge on any atom is -0.461 e. The highest BCUT2D eigenvalue weighted by molar-refractivity contribution is 5.76. The van der Waals surface area contributed by atoms with Crippen LogP contribution >= 0.6 is 0 Å². The lowest BCUT2D eigenvalue weighted by atomic mass is 10.00. The van der Waals surface area contributed by atoms with Crippen molar-refractivity contribution in [1.82, 2.24) is 0 Å². The molecule has 0 aliphatic heterocycles. The summed E-state index contributed by atoms with van der Waals surface area (Å²) < 4.78 is 4.96. The lowest BCUT2D eigenvalue weighted by molar-refractivity contribution is -0.157. The summed E-state index contributed by atoms with van der Waals surface area (Å²) in [6.45, 7) is 7.70. The molecule has 3 nitrogen and oxygen atoms in total. The van der Waals surface area contributed by atoms with Gasteiger partial charge in [-0.1, -0.05) is 38.1 Å². The van der Waals surface area contributed by atoms with E-state index in [-0.39, 0.29) is 6.10 Å². The highest BCUT2D eigenvalue weighted by Gasteiger charge is 2.19. The first-order valence-electron chi connectivity index (χ1n) is 5.90. The largest absolute Gasteiger partial charge is 0.461 e. The van der Waals surface area contributed by atoms with Crippen molar-refractivity contribution in [1.29, 1.82) is 0 Å². The molecule has 1 N–H and O–H groups in total. The molecule has 3 heteroatoms. The van der Waals surface area contributed by atoms with Crippen molar-refractivity contribution >= 4 is 5.97 Å². The van der Waals surface area contributed by atoms with E-state index in [4.69, 9.17) is 4.74 Å². The van der Waals surface area contributed by atoms with E-state index in [0.29, 0.717) is 11.5 Å². The Morgan fingerprint density at radius 1 is 1.06 bits per heavy atom. The van der Waals surface area contributed by atoms with Crippen LogP contribution in [0, 0.1) is 0 Å². The molecule has 0 aromatic heterocycles. The van der Waals surface area contributed by atoms with Crippen LogP contribution in [0.1, 0.15) is 50.8 Å². The van der Waals surface area contributed by atoms with E-state index in [2.05, 4.69) is 13.8 Å². The number of aliphatic hydroxyl groups excluding tert-OH is 1. The number of rotatable bonds is 4. The molecule has 1 rings (SSSR count). The minimum atomic E-state index is -1.20. The van der Waals surface area contributed by atoms with Crippen molar-refractivity contribution in [2.24, 2.45) is 0 Å². The summed E-state index contributed by atoms with van der Waals surface area (Å²) in [6, 6.07) is 7.38. The lowest BCUT2D eigenvalue weighted by Crippen LogP contribution is -2.19. The zero-order chi connectivity index (χ0) is 13.0. The highest BCUT2D eigenvalue weighted by atomic mass is 16.6. The molecule has 0 bridgehead atoms. The van der Waals surface area contributed by atoms with E-state index < -0.39 is 12.1 Å². The molecule has 1 aromatic carbocycles. The second-order valence-electron chi connectivity index (χ2n) is 4.71.